The Morgan fingerprint density at radius 1 is 0.958 bits per heavy atom. The quantitative estimate of drug-likeness (QED) is 0.759. The van der Waals surface area contributed by atoms with Crippen LogP contribution in [-0.2, 0) is 4.79 Å². The van der Waals surface area contributed by atoms with Crippen LogP contribution in [0.25, 0.3) is 0 Å². The van der Waals surface area contributed by atoms with Gasteiger partial charge in [0.15, 0.2) is 0 Å². The lowest BCUT2D eigenvalue weighted by Crippen LogP contribution is -2.43. The number of nitrogens with one attached hydrogen (secondary N) is 2. The summed E-state index contributed by atoms with van der Waals surface area (Å²) in [4.78, 5) is 15.0. The SMILES string of the molecule is O=C(NCCC1CCCN(C2CCCCCC2)C1)C1CCNCC1. The van der Waals surface area contributed by atoms with E-state index in [9.17, 15) is 4.79 Å². The molecule has 2 heterocycles. The Kier molecular flexibility index (Phi) is 7.40. The maximum absolute atomic E-state index is 12.2. The molecule has 1 aliphatic carbocycles. The van der Waals surface area contributed by atoms with Crippen LogP contribution in [0.1, 0.15) is 70.6 Å². The van der Waals surface area contributed by atoms with Gasteiger partial charge in [-0.25, -0.2) is 0 Å². The molecule has 1 unspecified atom stereocenters. The number of rotatable bonds is 5. The highest BCUT2D eigenvalue weighted by Gasteiger charge is 2.26. The van der Waals surface area contributed by atoms with Crippen LogP contribution < -0.4 is 10.6 Å². The lowest BCUT2D eigenvalue weighted by molar-refractivity contribution is -0.125. The minimum atomic E-state index is 0.250. The highest BCUT2D eigenvalue weighted by molar-refractivity contribution is 5.78. The molecule has 2 saturated heterocycles. The summed E-state index contributed by atoms with van der Waals surface area (Å²) in [5.41, 5.74) is 0. The molecule has 3 aliphatic rings. The van der Waals surface area contributed by atoms with Crippen LogP contribution >= 0.6 is 0 Å². The fourth-order valence-corrected chi connectivity index (χ4v) is 4.92. The largest absolute Gasteiger partial charge is 0.356 e. The summed E-state index contributed by atoms with van der Waals surface area (Å²) in [5, 5.41) is 6.55. The highest BCUT2D eigenvalue weighted by Crippen LogP contribution is 2.27. The van der Waals surface area contributed by atoms with Crippen LogP contribution in [0, 0.1) is 11.8 Å². The molecule has 3 rings (SSSR count). The van der Waals surface area contributed by atoms with E-state index in [1.165, 1.54) is 70.9 Å². The van der Waals surface area contributed by atoms with Crippen LogP contribution in [0.5, 0.6) is 0 Å². The zero-order valence-electron chi connectivity index (χ0n) is 15.4. The van der Waals surface area contributed by atoms with Crippen LogP contribution in [-0.4, -0.2) is 49.6 Å². The second kappa shape index (κ2) is 9.76. The van der Waals surface area contributed by atoms with Crippen LogP contribution in [0.4, 0.5) is 0 Å². The van der Waals surface area contributed by atoms with Gasteiger partial charge in [0, 0.05) is 25.0 Å². The summed E-state index contributed by atoms with van der Waals surface area (Å²) in [7, 11) is 0. The molecule has 0 aromatic rings. The molecule has 138 valence electrons. The molecule has 2 aliphatic heterocycles. The zero-order chi connectivity index (χ0) is 16.6. The summed E-state index contributed by atoms with van der Waals surface area (Å²) in [6, 6.07) is 0.847. The van der Waals surface area contributed by atoms with Crippen molar-refractivity contribution in [2.75, 3.05) is 32.7 Å². The topological polar surface area (TPSA) is 44.4 Å². The first-order valence-electron chi connectivity index (χ1n) is 10.6. The predicted octanol–water partition coefficient (Wildman–Crippen LogP) is 2.93. The van der Waals surface area contributed by atoms with Gasteiger partial charge in [0.1, 0.15) is 0 Å². The Bertz CT molecular complexity index is 373. The minimum absolute atomic E-state index is 0.250. The van der Waals surface area contributed by atoms with Crippen LogP contribution in [0.3, 0.4) is 0 Å². The Labute approximate surface area is 148 Å². The van der Waals surface area contributed by atoms with Crippen LogP contribution in [0.2, 0.25) is 0 Å². The molecule has 4 nitrogen and oxygen atoms in total. The Morgan fingerprint density at radius 2 is 1.71 bits per heavy atom. The molecule has 1 atom stereocenters. The van der Waals surface area contributed by atoms with Crippen molar-refractivity contribution in [3.05, 3.63) is 0 Å². The Balaban J connectivity index is 1.36. The summed E-state index contributed by atoms with van der Waals surface area (Å²) in [5.74, 6) is 1.34. The molecule has 0 radical (unpaired) electrons. The number of amides is 1. The Hall–Kier alpha value is -0.610. The standard InChI is InChI=1S/C20H37N3O/c24-20(18-10-12-21-13-11-18)22-14-9-17-6-5-15-23(16-17)19-7-3-1-2-4-8-19/h17-19,21H,1-16H2,(H,22,24). The number of piperidine rings is 2. The number of nitrogens with zero attached hydrogens (tertiary/aromatic N) is 1. The van der Waals surface area contributed by atoms with E-state index in [4.69, 9.17) is 0 Å². The Morgan fingerprint density at radius 3 is 2.46 bits per heavy atom. The van der Waals surface area contributed by atoms with E-state index in [1.54, 1.807) is 0 Å². The van der Waals surface area contributed by atoms with E-state index in [0.29, 0.717) is 5.91 Å². The first kappa shape index (κ1) is 18.2. The van der Waals surface area contributed by atoms with Crippen LogP contribution in [0.15, 0.2) is 0 Å². The van der Waals surface area contributed by atoms with E-state index >= 15 is 0 Å². The molecule has 0 aromatic carbocycles. The molecule has 0 spiro atoms. The predicted molar refractivity (Wildman–Crippen MR) is 99.0 cm³/mol. The first-order valence-corrected chi connectivity index (χ1v) is 10.6. The minimum Gasteiger partial charge on any atom is -0.356 e. The third-order valence-corrected chi connectivity index (χ3v) is 6.45. The third-order valence-electron chi connectivity index (χ3n) is 6.45. The molecule has 2 N–H and O–H groups in total. The lowest BCUT2D eigenvalue weighted by atomic mass is 9.92. The van der Waals surface area contributed by atoms with Crippen molar-refractivity contribution in [3.8, 4) is 0 Å². The molecule has 0 bridgehead atoms. The summed E-state index contributed by atoms with van der Waals surface area (Å²) < 4.78 is 0. The van der Waals surface area contributed by atoms with Gasteiger partial charge in [-0.2, -0.15) is 0 Å². The smallest absolute Gasteiger partial charge is 0.223 e. The van der Waals surface area contributed by atoms with Crippen molar-refractivity contribution in [1.29, 1.82) is 0 Å². The van der Waals surface area contributed by atoms with Gasteiger partial charge in [0.2, 0.25) is 5.91 Å². The summed E-state index contributed by atoms with van der Waals surface area (Å²) in [6.45, 7) is 5.45. The second-order valence-corrected chi connectivity index (χ2v) is 8.25. The molecule has 1 amide bonds. The molecule has 3 fully saturated rings. The van der Waals surface area contributed by atoms with Gasteiger partial charge in [-0.1, -0.05) is 25.7 Å². The van der Waals surface area contributed by atoms with Crippen molar-refractivity contribution >= 4 is 5.91 Å². The van der Waals surface area contributed by atoms with Gasteiger partial charge < -0.3 is 15.5 Å². The van der Waals surface area contributed by atoms with E-state index in [-0.39, 0.29) is 5.92 Å². The number of likely N-dealkylation sites (tertiary alicyclic amines) is 1. The second-order valence-electron chi connectivity index (χ2n) is 8.25. The maximum atomic E-state index is 12.2. The number of carbonyl (C=O) groups excluding carboxylic acids is 1. The van der Waals surface area contributed by atoms with E-state index in [2.05, 4.69) is 15.5 Å². The number of hydrogen-bond donors (Lipinski definition) is 2. The fourth-order valence-electron chi connectivity index (χ4n) is 4.92. The molecule has 24 heavy (non-hydrogen) atoms. The monoisotopic (exact) mass is 335 g/mol. The van der Waals surface area contributed by atoms with Crippen molar-refractivity contribution in [2.45, 2.75) is 76.7 Å². The van der Waals surface area contributed by atoms with Gasteiger partial charge in [0.25, 0.3) is 0 Å². The number of hydrogen-bond acceptors (Lipinski definition) is 3. The maximum Gasteiger partial charge on any atom is 0.223 e. The van der Waals surface area contributed by atoms with Crippen molar-refractivity contribution < 1.29 is 4.79 Å². The van der Waals surface area contributed by atoms with Gasteiger partial charge >= 0.3 is 0 Å². The van der Waals surface area contributed by atoms with Gasteiger partial charge in [0.05, 0.1) is 0 Å². The first-order chi connectivity index (χ1) is 11.8. The van der Waals surface area contributed by atoms with Gasteiger partial charge in [-0.15, -0.1) is 0 Å². The van der Waals surface area contributed by atoms with Crippen molar-refractivity contribution in [2.24, 2.45) is 11.8 Å². The fraction of sp³-hybridized carbons (Fsp3) is 0.950. The zero-order valence-corrected chi connectivity index (χ0v) is 15.4. The highest BCUT2D eigenvalue weighted by atomic mass is 16.1. The normalized spacial score (nSPS) is 28.4. The van der Waals surface area contributed by atoms with Crippen molar-refractivity contribution in [3.63, 3.8) is 0 Å². The van der Waals surface area contributed by atoms with Crippen molar-refractivity contribution in [1.82, 2.24) is 15.5 Å². The molecule has 1 saturated carbocycles. The average Bonchev–Trinajstić information content (AvgIpc) is 2.92. The molecule has 4 heteroatoms. The average molecular weight is 336 g/mol. The van der Waals surface area contributed by atoms with Gasteiger partial charge in [-0.05, 0) is 70.5 Å². The van der Waals surface area contributed by atoms with Gasteiger partial charge in [-0.3, -0.25) is 4.79 Å². The van der Waals surface area contributed by atoms with E-state index in [0.717, 1.165) is 44.4 Å². The van der Waals surface area contributed by atoms with E-state index in [1.807, 2.05) is 0 Å². The molecule has 0 aromatic heterocycles. The summed E-state index contributed by atoms with van der Waals surface area (Å²) in [6.07, 6.45) is 14.5. The molecular weight excluding hydrogens is 298 g/mol. The number of carbonyl (C=O) groups is 1. The molecular formula is C20H37N3O. The van der Waals surface area contributed by atoms with E-state index < -0.39 is 0 Å². The third kappa shape index (κ3) is 5.45. The summed E-state index contributed by atoms with van der Waals surface area (Å²) >= 11 is 0. The lowest BCUT2D eigenvalue weighted by Gasteiger charge is -2.38.